The van der Waals surface area contributed by atoms with Crippen LogP contribution in [0.5, 0.6) is 0 Å². The fourth-order valence-corrected chi connectivity index (χ4v) is 2.85. The number of hydrogen-bond acceptors (Lipinski definition) is 3. The zero-order valence-corrected chi connectivity index (χ0v) is 13.9. The molecule has 1 aliphatic rings. The van der Waals surface area contributed by atoms with Crippen LogP contribution < -0.4 is 10.6 Å². The minimum atomic E-state index is -0.0902. The number of benzene rings is 1. The van der Waals surface area contributed by atoms with Gasteiger partial charge in [0.1, 0.15) is 0 Å². The van der Waals surface area contributed by atoms with E-state index in [1.54, 1.807) is 0 Å². The van der Waals surface area contributed by atoms with E-state index in [0.29, 0.717) is 19.1 Å². The topological polar surface area (TPSA) is 47.6 Å². The molecule has 5 nitrogen and oxygen atoms in total. The van der Waals surface area contributed by atoms with Crippen molar-refractivity contribution in [3.8, 4) is 0 Å². The lowest BCUT2D eigenvalue weighted by Gasteiger charge is -2.37. The Morgan fingerprint density at radius 2 is 1.91 bits per heavy atom. The van der Waals surface area contributed by atoms with Crippen LogP contribution >= 0.6 is 0 Å². The van der Waals surface area contributed by atoms with Crippen molar-refractivity contribution < 1.29 is 4.79 Å². The molecule has 1 atom stereocenters. The zero-order valence-electron chi connectivity index (χ0n) is 13.9. The molecule has 0 saturated carbocycles. The van der Waals surface area contributed by atoms with Crippen molar-refractivity contribution in [3.63, 3.8) is 0 Å². The summed E-state index contributed by atoms with van der Waals surface area (Å²) in [5, 5.41) is 5.95. The van der Waals surface area contributed by atoms with Gasteiger partial charge >= 0.3 is 6.03 Å². The average molecular weight is 304 g/mol. The maximum atomic E-state index is 12.0. The largest absolute Gasteiger partial charge is 0.337 e. The van der Waals surface area contributed by atoms with Gasteiger partial charge in [-0.2, -0.15) is 0 Å². The van der Waals surface area contributed by atoms with E-state index in [1.165, 1.54) is 11.1 Å². The van der Waals surface area contributed by atoms with E-state index < -0.39 is 0 Å². The first kappa shape index (κ1) is 16.8. The monoisotopic (exact) mass is 304 g/mol. The third-order valence-electron chi connectivity index (χ3n) is 4.42. The molecule has 0 spiro atoms. The minimum absolute atomic E-state index is 0.0902. The lowest BCUT2D eigenvalue weighted by atomic mass is 10.1. The highest BCUT2D eigenvalue weighted by molar-refractivity contribution is 5.73. The Kier molecular flexibility index (Phi) is 6.21. The summed E-state index contributed by atoms with van der Waals surface area (Å²) in [7, 11) is 4.25. The Balaban J connectivity index is 1.76. The first-order valence-electron chi connectivity index (χ1n) is 8.07. The number of rotatable bonds is 5. The summed E-state index contributed by atoms with van der Waals surface area (Å²) in [5.41, 5.74) is 2.48. The van der Waals surface area contributed by atoms with Crippen LogP contribution in [0.1, 0.15) is 18.1 Å². The maximum absolute atomic E-state index is 12.0. The van der Waals surface area contributed by atoms with E-state index >= 15 is 0 Å². The number of nitrogens with zero attached hydrogens (tertiary/aromatic N) is 2. The standard InChI is InChI=1S/C17H28N4O/c1-4-14-7-5-6-8-15(14)11-18-17(22)19-12-16-13-20(2)9-10-21(16)3/h5-8,16H,4,9-13H2,1-3H3,(H2,18,19,22)/t16-/m1/s1. The van der Waals surface area contributed by atoms with Crippen molar-refractivity contribution in [1.29, 1.82) is 0 Å². The van der Waals surface area contributed by atoms with Crippen LogP contribution in [-0.2, 0) is 13.0 Å². The summed E-state index contributed by atoms with van der Waals surface area (Å²) in [4.78, 5) is 16.6. The van der Waals surface area contributed by atoms with Gasteiger partial charge in [-0.1, -0.05) is 31.2 Å². The van der Waals surface area contributed by atoms with E-state index in [9.17, 15) is 4.79 Å². The molecule has 1 aliphatic heterocycles. The molecule has 1 aromatic carbocycles. The lowest BCUT2D eigenvalue weighted by molar-refractivity contribution is 0.114. The second kappa shape index (κ2) is 8.15. The summed E-state index contributed by atoms with van der Waals surface area (Å²) in [6.45, 7) is 6.53. The summed E-state index contributed by atoms with van der Waals surface area (Å²) in [6, 6.07) is 8.53. The third-order valence-corrected chi connectivity index (χ3v) is 4.42. The first-order chi connectivity index (χ1) is 10.6. The fraction of sp³-hybridized carbons (Fsp3) is 0.588. The van der Waals surface area contributed by atoms with Gasteiger partial charge in [0.15, 0.2) is 0 Å². The van der Waals surface area contributed by atoms with Gasteiger partial charge in [0, 0.05) is 38.8 Å². The first-order valence-corrected chi connectivity index (χ1v) is 8.07. The van der Waals surface area contributed by atoms with Gasteiger partial charge < -0.3 is 15.5 Å². The van der Waals surface area contributed by atoms with Crippen LogP contribution in [0.25, 0.3) is 0 Å². The summed E-state index contributed by atoms with van der Waals surface area (Å²) < 4.78 is 0. The highest BCUT2D eigenvalue weighted by Crippen LogP contribution is 2.09. The molecule has 0 radical (unpaired) electrons. The highest BCUT2D eigenvalue weighted by Gasteiger charge is 2.22. The second-order valence-electron chi connectivity index (χ2n) is 6.08. The van der Waals surface area contributed by atoms with Gasteiger partial charge in [-0.05, 0) is 31.6 Å². The van der Waals surface area contributed by atoms with Gasteiger partial charge in [0.25, 0.3) is 0 Å². The van der Waals surface area contributed by atoms with Crippen molar-refractivity contribution in [2.75, 3.05) is 40.3 Å². The molecule has 1 aromatic rings. The number of amides is 2. The van der Waals surface area contributed by atoms with E-state index in [0.717, 1.165) is 26.1 Å². The Bertz CT molecular complexity index is 491. The van der Waals surface area contributed by atoms with Crippen molar-refractivity contribution in [2.24, 2.45) is 0 Å². The SMILES string of the molecule is CCc1ccccc1CNC(=O)NC[C@@H]1CN(C)CCN1C. The average Bonchev–Trinajstić information content (AvgIpc) is 2.54. The van der Waals surface area contributed by atoms with Gasteiger partial charge in [-0.3, -0.25) is 4.90 Å². The lowest BCUT2D eigenvalue weighted by Crippen LogP contribution is -2.55. The van der Waals surface area contributed by atoms with Crippen molar-refractivity contribution >= 4 is 6.03 Å². The number of carbonyl (C=O) groups is 1. The number of piperazine rings is 1. The Hall–Kier alpha value is -1.59. The number of carbonyl (C=O) groups excluding carboxylic acids is 1. The molecule has 22 heavy (non-hydrogen) atoms. The molecule has 1 heterocycles. The third kappa shape index (κ3) is 4.71. The van der Waals surface area contributed by atoms with Gasteiger partial charge in [0.05, 0.1) is 0 Å². The summed E-state index contributed by atoms with van der Waals surface area (Å²) >= 11 is 0. The van der Waals surface area contributed by atoms with Crippen LogP contribution in [0.3, 0.4) is 0 Å². The van der Waals surface area contributed by atoms with E-state index in [1.807, 2.05) is 12.1 Å². The van der Waals surface area contributed by atoms with Crippen LogP contribution in [0.2, 0.25) is 0 Å². The number of likely N-dealkylation sites (N-methyl/N-ethyl adjacent to an activating group) is 2. The number of urea groups is 1. The molecular weight excluding hydrogens is 276 g/mol. The molecule has 2 amide bonds. The van der Waals surface area contributed by atoms with Crippen LogP contribution in [-0.4, -0.2) is 62.1 Å². The second-order valence-corrected chi connectivity index (χ2v) is 6.08. The normalized spacial score (nSPS) is 19.9. The Morgan fingerprint density at radius 3 is 2.64 bits per heavy atom. The molecule has 0 unspecified atom stereocenters. The van der Waals surface area contributed by atoms with Crippen LogP contribution in [0.4, 0.5) is 4.79 Å². The number of aryl methyl sites for hydroxylation is 1. The molecule has 2 N–H and O–H groups in total. The van der Waals surface area contributed by atoms with Crippen LogP contribution in [0.15, 0.2) is 24.3 Å². The van der Waals surface area contributed by atoms with Gasteiger partial charge in [0.2, 0.25) is 0 Å². The van der Waals surface area contributed by atoms with E-state index in [-0.39, 0.29) is 6.03 Å². The van der Waals surface area contributed by atoms with E-state index in [2.05, 4.69) is 53.6 Å². The highest BCUT2D eigenvalue weighted by atomic mass is 16.2. The molecule has 0 bridgehead atoms. The Labute approximate surface area is 133 Å². The molecule has 1 fully saturated rings. The molecule has 122 valence electrons. The van der Waals surface area contributed by atoms with Gasteiger partial charge in [-0.25, -0.2) is 4.79 Å². The van der Waals surface area contributed by atoms with Gasteiger partial charge in [-0.15, -0.1) is 0 Å². The predicted molar refractivity (Wildman–Crippen MR) is 90.0 cm³/mol. The molecule has 1 saturated heterocycles. The predicted octanol–water partition coefficient (Wildman–Crippen LogP) is 1.29. The molecule has 0 aromatic heterocycles. The van der Waals surface area contributed by atoms with Crippen molar-refractivity contribution in [1.82, 2.24) is 20.4 Å². The van der Waals surface area contributed by atoms with Crippen molar-refractivity contribution in [3.05, 3.63) is 35.4 Å². The maximum Gasteiger partial charge on any atom is 0.315 e. The summed E-state index contributed by atoms with van der Waals surface area (Å²) in [6.07, 6.45) is 0.985. The molecule has 2 rings (SSSR count). The fourth-order valence-electron chi connectivity index (χ4n) is 2.85. The smallest absolute Gasteiger partial charge is 0.315 e. The number of hydrogen-bond donors (Lipinski definition) is 2. The quantitative estimate of drug-likeness (QED) is 0.862. The molecule has 0 aliphatic carbocycles. The summed E-state index contributed by atoms with van der Waals surface area (Å²) in [5.74, 6) is 0. The number of nitrogens with one attached hydrogen (secondary N) is 2. The minimum Gasteiger partial charge on any atom is -0.337 e. The molecule has 5 heteroatoms. The van der Waals surface area contributed by atoms with E-state index in [4.69, 9.17) is 0 Å². The molecular formula is C17H28N4O. The van der Waals surface area contributed by atoms with Crippen molar-refractivity contribution in [2.45, 2.75) is 25.9 Å². The van der Waals surface area contributed by atoms with Crippen LogP contribution in [0, 0.1) is 0 Å². The Morgan fingerprint density at radius 1 is 1.18 bits per heavy atom. The zero-order chi connectivity index (χ0) is 15.9.